The fourth-order valence-corrected chi connectivity index (χ4v) is 4.21. The lowest BCUT2D eigenvalue weighted by Gasteiger charge is -2.19. The second-order valence-electron chi connectivity index (χ2n) is 6.20. The molecule has 0 fully saturated rings. The Kier molecular flexibility index (Phi) is 6.47. The average Bonchev–Trinajstić information content (AvgIpc) is 2.49. The van der Waals surface area contributed by atoms with Gasteiger partial charge in [-0.05, 0) is 62.3 Å². The van der Waals surface area contributed by atoms with Gasteiger partial charge in [-0.2, -0.15) is 0 Å². The van der Waals surface area contributed by atoms with E-state index in [1.165, 1.54) is 0 Å². The maximum atomic E-state index is 12.7. The van der Waals surface area contributed by atoms with Gasteiger partial charge in [-0.3, -0.25) is 9.59 Å². The van der Waals surface area contributed by atoms with Crippen molar-refractivity contribution in [3.8, 4) is 0 Å². The van der Waals surface area contributed by atoms with Crippen LogP contribution in [-0.4, -0.2) is 17.3 Å². The van der Waals surface area contributed by atoms with Crippen LogP contribution < -0.4 is 0 Å². The molecule has 1 aliphatic rings. The van der Waals surface area contributed by atoms with Crippen molar-refractivity contribution >= 4 is 34.9 Å². The zero-order valence-electron chi connectivity index (χ0n) is 14.6. The summed E-state index contributed by atoms with van der Waals surface area (Å²) in [6.07, 6.45) is 4.60. The van der Waals surface area contributed by atoms with Gasteiger partial charge < -0.3 is 0 Å². The SMILES string of the molecule is CCSc1cc(Cl)cc(C(=O)CCC2C(=O)C=C(C)C=C2C)c1C. The van der Waals surface area contributed by atoms with Gasteiger partial charge in [0.25, 0.3) is 0 Å². The number of hydrogen-bond acceptors (Lipinski definition) is 3. The summed E-state index contributed by atoms with van der Waals surface area (Å²) in [7, 11) is 0. The highest BCUT2D eigenvalue weighted by molar-refractivity contribution is 7.99. The minimum Gasteiger partial charge on any atom is -0.294 e. The summed E-state index contributed by atoms with van der Waals surface area (Å²) in [5.74, 6) is 0.910. The van der Waals surface area contributed by atoms with Crippen molar-refractivity contribution < 1.29 is 9.59 Å². The van der Waals surface area contributed by atoms with Gasteiger partial charge >= 0.3 is 0 Å². The Labute approximate surface area is 153 Å². The molecule has 1 aromatic rings. The molecular formula is C20H23ClO2S. The van der Waals surface area contributed by atoms with Gasteiger partial charge in [0.1, 0.15) is 0 Å². The Morgan fingerprint density at radius 3 is 2.54 bits per heavy atom. The Balaban J connectivity index is 2.14. The van der Waals surface area contributed by atoms with Crippen LogP contribution >= 0.6 is 23.4 Å². The summed E-state index contributed by atoms with van der Waals surface area (Å²) < 4.78 is 0. The second-order valence-corrected chi connectivity index (χ2v) is 7.95. The summed E-state index contributed by atoms with van der Waals surface area (Å²) in [6, 6.07) is 3.65. The van der Waals surface area contributed by atoms with E-state index >= 15 is 0 Å². The van der Waals surface area contributed by atoms with Crippen molar-refractivity contribution in [1.82, 2.24) is 0 Å². The number of carbonyl (C=O) groups is 2. The lowest BCUT2D eigenvalue weighted by atomic mass is 9.84. The van der Waals surface area contributed by atoms with Crippen LogP contribution in [0.1, 0.15) is 49.5 Å². The number of benzene rings is 1. The van der Waals surface area contributed by atoms with E-state index in [1.807, 2.05) is 32.9 Å². The summed E-state index contributed by atoms with van der Waals surface area (Å²) in [5.41, 5.74) is 3.68. The molecule has 0 aromatic heterocycles. The third kappa shape index (κ3) is 4.40. The normalized spacial score (nSPS) is 17.5. The van der Waals surface area contributed by atoms with E-state index in [2.05, 4.69) is 6.92 Å². The number of Topliss-reactive ketones (excluding diaryl/α,β-unsaturated/α-hetero) is 1. The number of halogens is 1. The topological polar surface area (TPSA) is 34.1 Å². The van der Waals surface area contributed by atoms with Crippen LogP contribution in [-0.2, 0) is 4.79 Å². The van der Waals surface area contributed by atoms with Crippen molar-refractivity contribution in [3.63, 3.8) is 0 Å². The predicted molar refractivity (Wildman–Crippen MR) is 102 cm³/mol. The van der Waals surface area contributed by atoms with Gasteiger partial charge in [-0.1, -0.05) is 30.2 Å². The van der Waals surface area contributed by atoms with Crippen molar-refractivity contribution in [3.05, 3.63) is 51.6 Å². The molecule has 24 heavy (non-hydrogen) atoms. The van der Waals surface area contributed by atoms with Crippen molar-refractivity contribution in [2.75, 3.05) is 5.75 Å². The molecular weight excluding hydrogens is 340 g/mol. The van der Waals surface area contributed by atoms with E-state index in [1.54, 1.807) is 23.9 Å². The first-order valence-electron chi connectivity index (χ1n) is 8.20. The standard InChI is InChI=1S/C20H23ClO2S/c1-5-24-20-11-15(21)10-17(14(20)4)18(22)7-6-16-13(3)8-12(2)9-19(16)23/h8-11,16H,5-7H2,1-4H3. The molecule has 0 heterocycles. The monoisotopic (exact) mass is 362 g/mol. The van der Waals surface area contributed by atoms with Crippen molar-refractivity contribution in [1.29, 1.82) is 0 Å². The predicted octanol–water partition coefficient (Wildman–Crippen LogP) is 5.81. The number of carbonyl (C=O) groups excluding carboxylic acids is 2. The Bertz CT molecular complexity index is 731. The van der Waals surface area contributed by atoms with Gasteiger partial charge in [0.2, 0.25) is 0 Å². The molecule has 1 unspecified atom stereocenters. The highest BCUT2D eigenvalue weighted by atomic mass is 35.5. The first-order valence-corrected chi connectivity index (χ1v) is 9.56. The minimum atomic E-state index is -0.179. The molecule has 0 spiro atoms. The van der Waals surface area contributed by atoms with Crippen LogP contribution in [0.15, 0.2) is 40.3 Å². The molecule has 0 bridgehead atoms. The lowest BCUT2D eigenvalue weighted by Crippen LogP contribution is -2.18. The average molecular weight is 363 g/mol. The van der Waals surface area contributed by atoms with Gasteiger partial charge in [0.15, 0.2) is 11.6 Å². The zero-order valence-corrected chi connectivity index (χ0v) is 16.2. The molecule has 2 rings (SSSR count). The largest absolute Gasteiger partial charge is 0.294 e. The highest BCUT2D eigenvalue weighted by Gasteiger charge is 2.23. The summed E-state index contributed by atoms with van der Waals surface area (Å²) in [4.78, 5) is 25.9. The molecule has 128 valence electrons. The molecule has 0 amide bonds. The fourth-order valence-electron chi connectivity index (χ4n) is 3.08. The summed E-state index contributed by atoms with van der Waals surface area (Å²) >= 11 is 7.86. The highest BCUT2D eigenvalue weighted by Crippen LogP contribution is 2.31. The van der Waals surface area contributed by atoms with Gasteiger partial charge in [0, 0.05) is 27.8 Å². The van der Waals surface area contributed by atoms with E-state index < -0.39 is 0 Å². The van der Waals surface area contributed by atoms with Crippen LogP contribution in [0.5, 0.6) is 0 Å². The van der Waals surface area contributed by atoms with Crippen LogP contribution in [0.2, 0.25) is 5.02 Å². The first-order chi connectivity index (χ1) is 11.3. The number of hydrogen-bond donors (Lipinski definition) is 0. The maximum Gasteiger partial charge on any atom is 0.163 e. The Hall–Kier alpha value is -1.32. The van der Waals surface area contributed by atoms with E-state index in [-0.39, 0.29) is 17.5 Å². The minimum absolute atomic E-state index is 0.0554. The Morgan fingerprint density at radius 1 is 1.21 bits per heavy atom. The van der Waals surface area contributed by atoms with Gasteiger partial charge in [-0.25, -0.2) is 0 Å². The summed E-state index contributed by atoms with van der Waals surface area (Å²) in [6.45, 7) is 7.92. The third-order valence-electron chi connectivity index (χ3n) is 4.30. The first kappa shape index (κ1) is 19.0. The molecule has 1 aliphatic carbocycles. The van der Waals surface area contributed by atoms with Gasteiger partial charge in [-0.15, -0.1) is 11.8 Å². The number of thioether (sulfide) groups is 1. The number of rotatable bonds is 6. The van der Waals surface area contributed by atoms with Crippen LogP contribution in [0, 0.1) is 12.8 Å². The fraction of sp³-hybridized carbons (Fsp3) is 0.400. The number of allylic oxidation sites excluding steroid dienone is 4. The molecule has 0 N–H and O–H groups in total. The molecule has 1 aromatic carbocycles. The molecule has 0 aliphatic heterocycles. The van der Waals surface area contributed by atoms with E-state index in [0.717, 1.165) is 27.4 Å². The maximum absolute atomic E-state index is 12.7. The third-order valence-corrected chi connectivity index (χ3v) is 5.55. The van der Waals surface area contributed by atoms with Crippen molar-refractivity contribution in [2.45, 2.75) is 45.4 Å². The van der Waals surface area contributed by atoms with E-state index in [4.69, 9.17) is 11.6 Å². The van der Waals surface area contributed by atoms with E-state index in [9.17, 15) is 9.59 Å². The lowest BCUT2D eigenvalue weighted by molar-refractivity contribution is -0.117. The second kappa shape index (κ2) is 8.17. The van der Waals surface area contributed by atoms with Crippen molar-refractivity contribution in [2.24, 2.45) is 5.92 Å². The Morgan fingerprint density at radius 2 is 1.92 bits per heavy atom. The number of ketones is 2. The van der Waals surface area contributed by atoms with E-state index in [0.29, 0.717) is 23.4 Å². The van der Waals surface area contributed by atoms with Crippen LogP contribution in [0.3, 0.4) is 0 Å². The molecule has 0 saturated carbocycles. The summed E-state index contributed by atoms with van der Waals surface area (Å²) in [5, 5.41) is 0.586. The van der Waals surface area contributed by atoms with Crippen LogP contribution in [0.25, 0.3) is 0 Å². The molecule has 0 saturated heterocycles. The molecule has 1 atom stereocenters. The molecule has 0 radical (unpaired) electrons. The zero-order chi connectivity index (χ0) is 17.9. The smallest absolute Gasteiger partial charge is 0.163 e. The van der Waals surface area contributed by atoms with Crippen LogP contribution in [0.4, 0.5) is 0 Å². The van der Waals surface area contributed by atoms with Gasteiger partial charge in [0.05, 0.1) is 0 Å². The molecule has 4 heteroatoms. The molecule has 2 nitrogen and oxygen atoms in total. The quantitative estimate of drug-likeness (QED) is 0.472.